The zero-order valence-corrected chi connectivity index (χ0v) is 31.0. The summed E-state index contributed by atoms with van der Waals surface area (Å²) in [6.07, 6.45) is -0.295. The molecule has 5 atom stereocenters. The molecule has 0 saturated carbocycles. The summed E-state index contributed by atoms with van der Waals surface area (Å²) in [5, 5.41) is 54.1. The third-order valence-corrected chi connectivity index (χ3v) is 14.1. The second-order valence-electron chi connectivity index (χ2n) is 13.1. The highest BCUT2D eigenvalue weighted by molar-refractivity contribution is 8.23. The minimum absolute atomic E-state index is 0.0230. The summed E-state index contributed by atoms with van der Waals surface area (Å²) in [7, 11) is 0. The first-order valence-corrected chi connectivity index (χ1v) is 19.4. The molecule has 2 fully saturated rings. The molecular weight excluding hydrogens is 763 g/mol. The molecule has 0 aromatic heterocycles. The van der Waals surface area contributed by atoms with Crippen molar-refractivity contribution in [2.24, 2.45) is 0 Å². The van der Waals surface area contributed by atoms with E-state index in [9.17, 15) is 54.9 Å². The van der Waals surface area contributed by atoms with Crippen LogP contribution in [0.1, 0.15) is 41.3 Å². The average Bonchev–Trinajstić information content (AvgIpc) is 3.76. The highest BCUT2D eigenvalue weighted by atomic mass is 32.2. The van der Waals surface area contributed by atoms with Crippen LogP contribution in [0.4, 0.5) is 17.1 Å². The lowest BCUT2D eigenvalue weighted by Crippen LogP contribution is -2.70. The Morgan fingerprint density at radius 2 is 1.63 bits per heavy atom. The van der Waals surface area contributed by atoms with Crippen molar-refractivity contribution in [3.63, 3.8) is 0 Å². The van der Waals surface area contributed by atoms with Crippen molar-refractivity contribution in [1.29, 1.82) is 0 Å². The molecule has 3 aromatic rings. The number of nitrogens with zero attached hydrogens (tertiary/aromatic N) is 5. The number of rotatable bonds is 16. The number of non-ortho nitro benzene ring substituents is 1. The van der Waals surface area contributed by atoms with E-state index < -0.39 is 60.3 Å². The maximum Gasteiger partial charge on any atom is 0.354 e. The van der Waals surface area contributed by atoms with Gasteiger partial charge in [-0.25, -0.2) is 4.79 Å². The maximum atomic E-state index is 14.1. The number of Topliss-reactive ketones (excluding diaryl/α,β-unsaturated/α-hetero) is 1. The molecule has 282 valence electrons. The van der Waals surface area contributed by atoms with Gasteiger partial charge in [0.15, 0.2) is 11.5 Å². The Kier molecular flexibility index (Phi) is 11.4. The van der Waals surface area contributed by atoms with Gasteiger partial charge in [0, 0.05) is 53.9 Å². The minimum Gasteiger partial charge on any atom is -0.477 e. The molecular formula is C35H33N5O11S3. The number of aliphatic carboxylic acids is 1. The van der Waals surface area contributed by atoms with Crippen molar-refractivity contribution in [3.8, 4) is 0 Å². The Labute approximate surface area is 320 Å². The number of likely N-dealkylation sites (tertiary alicyclic amines) is 1. The number of nitro groups is 3. The Morgan fingerprint density at radius 3 is 2.24 bits per heavy atom. The van der Waals surface area contributed by atoms with Crippen molar-refractivity contribution in [2.75, 3.05) is 13.1 Å². The monoisotopic (exact) mass is 795 g/mol. The zero-order valence-electron chi connectivity index (χ0n) is 28.5. The van der Waals surface area contributed by atoms with Gasteiger partial charge in [0.05, 0.1) is 31.2 Å². The summed E-state index contributed by atoms with van der Waals surface area (Å²) < 4.78 is -0.778. The first-order chi connectivity index (χ1) is 25.7. The molecule has 0 spiro atoms. The summed E-state index contributed by atoms with van der Waals surface area (Å²) in [5.74, 6) is -1.67. The van der Waals surface area contributed by atoms with Crippen molar-refractivity contribution < 1.29 is 39.4 Å². The molecule has 3 aliphatic heterocycles. The Hall–Kier alpha value is -4.82. The summed E-state index contributed by atoms with van der Waals surface area (Å²) in [4.78, 5) is 75.8. The van der Waals surface area contributed by atoms with Gasteiger partial charge >= 0.3 is 17.3 Å². The molecule has 3 aromatic carbocycles. The number of β-lactam (4-membered cyclic amide) rings is 1. The van der Waals surface area contributed by atoms with Crippen LogP contribution in [0.3, 0.4) is 0 Å². The number of thioether (sulfide) groups is 3. The van der Waals surface area contributed by atoms with Gasteiger partial charge in [-0.2, -0.15) is 0 Å². The van der Waals surface area contributed by atoms with Crippen LogP contribution in [0, 0.1) is 30.3 Å². The minimum atomic E-state index is -1.28. The lowest BCUT2D eigenvalue weighted by Gasteiger charge is -2.53. The van der Waals surface area contributed by atoms with Crippen molar-refractivity contribution in [1.82, 2.24) is 9.80 Å². The zero-order chi connectivity index (χ0) is 38.9. The van der Waals surface area contributed by atoms with Crippen LogP contribution < -0.4 is 0 Å². The molecule has 0 bridgehead atoms. The van der Waals surface area contributed by atoms with Gasteiger partial charge in [0.2, 0.25) is 5.91 Å². The van der Waals surface area contributed by atoms with Gasteiger partial charge < -0.3 is 10.2 Å². The van der Waals surface area contributed by atoms with E-state index in [0.717, 1.165) is 17.7 Å². The average molecular weight is 796 g/mol. The van der Waals surface area contributed by atoms with Gasteiger partial charge in [0.25, 0.3) is 5.69 Å². The van der Waals surface area contributed by atoms with Crippen molar-refractivity contribution >= 4 is 70.0 Å². The summed E-state index contributed by atoms with van der Waals surface area (Å²) in [5.41, 5.74) is -0.0609. The van der Waals surface area contributed by atoms with E-state index >= 15 is 0 Å². The number of ketones is 1. The number of carbonyl (C=O) groups is 3. The van der Waals surface area contributed by atoms with Crippen molar-refractivity contribution in [2.45, 2.75) is 59.5 Å². The lowest BCUT2D eigenvalue weighted by molar-refractivity contribution is -0.422. The number of hydrogen-bond donors (Lipinski definition) is 2. The third-order valence-electron chi connectivity index (χ3n) is 9.40. The third kappa shape index (κ3) is 7.72. The number of amides is 1. The van der Waals surface area contributed by atoms with Gasteiger partial charge in [-0.3, -0.25) is 49.7 Å². The standard InChI is InChI=1S/C35H33N5O11S3/c1-20(41)17-35(33(45)37-29(31(43)44)32(53-34(35)37)52-19-21-7-10-24(11-8-21)38(46)47)54-25-13-14-36(18-25)28(30(42)23-5-3-2-4-6-23)16-22-9-12-26(39(48)49)27(15-22)40(50)51/h2-12,15,20,25,28,34,41H,13-14,16-19H2,1H3,(H,43,44)/t20?,25?,28?,34-,35-/m1/s1. The largest absolute Gasteiger partial charge is 0.477 e. The molecule has 0 radical (unpaired) electrons. The number of carboxylic acids is 1. The predicted molar refractivity (Wildman–Crippen MR) is 202 cm³/mol. The van der Waals surface area contributed by atoms with Crippen LogP contribution in [0.15, 0.2) is 82.7 Å². The highest BCUT2D eigenvalue weighted by Crippen LogP contribution is 2.62. The molecule has 1 amide bonds. The molecule has 2 saturated heterocycles. The number of hydrogen-bond acceptors (Lipinski definition) is 14. The molecule has 3 unspecified atom stereocenters. The fourth-order valence-corrected chi connectivity index (χ4v) is 11.8. The number of fused-ring (bicyclic) bond motifs is 1. The predicted octanol–water partition coefficient (Wildman–Crippen LogP) is 5.62. The number of aliphatic hydroxyl groups excluding tert-OH is 1. The molecule has 0 aliphatic carbocycles. The number of nitro benzene ring substituents is 3. The second-order valence-corrected chi connectivity index (χ2v) is 17.0. The fraction of sp³-hybridized carbons (Fsp3) is 0.343. The molecule has 19 heteroatoms. The van der Waals surface area contributed by atoms with Crippen molar-refractivity contribution in [3.05, 3.63) is 130 Å². The first kappa shape index (κ1) is 38.9. The molecule has 54 heavy (non-hydrogen) atoms. The van der Waals surface area contributed by atoms with Crippen LogP contribution in [0.25, 0.3) is 0 Å². The van der Waals surface area contributed by atoms with Gasteiger partial charge in [-0.1, -0.05) is 60.3 Å². The van der Waals surface area contributed by atoms with Crippen LogP contribution in [-0.4, -0.2) is 93.0 Å². The van der Waals surface area contributed by atoms with Gasteiger partial charge in [-0.15, -0.1) is 23.5 Å². The van der Waals surface area contributed by atoms with E-state index in [4.69, 9.17) is 0 Å². The van der Waals surface area contributed by atoms with Crippen LogP contribution in [0.5, 0.6) is 0 Å². The quantitative estimate of drug-likeness (QED) is 0.0776. The first-order valence-electron chi connectivity index (χ1n) is 16.6. The van der Waals surface area contributed by atoms with Crippen LogP contribution in [-0.2, 0) is 21.8 Å². The molecule has 3 heterocycles. The van der Waals surface area contributed by atoms with E-state index in [0.29, 0.717) is 40.6 Å². The maximum absolute atomic E-state index is 14.1. The van der Waals surface area contributed by atoms with E-state index in [-0.39, 0.29) is 35.3 Å². The summed E-state index contributed by atoms with van der Waals surface area (Å²) in [6.45, 7) is 2.31. The smallest absolute Gasteiger partial charge is 0.354 e. The number of carbonyl (C=O) groups excluding carboxylic acids is 2. The Balaban J connectivity index is 1.22. The SMILES string of the molecule is CC(O)C[C@@]1(SC2CCN(C(Cc3ccc([N+](=O)[O-])c([N+](=O)[O-])c3)C(=O)c3ccccc3)C2)C(=O)N2C(C(=O)O)=C(SCc3ccc([N+](=O)[O-])cc3)S[C@@H]21. The highest BCUT2D eigenvalue weighted by Gasteiger charge is 2.67. The summed E-state index contributed by atoms with van der Waals surface area (Å²) in [6, 6.07) is 17.2. The van der Waals surface area contributed by atoms with Crippen LogP contribution in [0.2, 0.25) is 0 Å². The topological polar surface area (TPSA) is 228 Å². The van der Waals surface area contributed by atoms with E-state index in [2.05, 4.69) is 0 Å². The lowest BCUT2D eigenvalue weighted by atomic mass is 9.90. The molecule has 2 N–H and O–H groups in total. The van der Waals surface area contributed by atoms with Crippen LogP contribution >= 0.6 is 35.3 Å². The Morgan fingerprint density at radius 1 is 0.963 bits per heavy atom. The number of benzene rings is 3. The normalized spacial score (nSPS) is 22.0. The fourth-order valence-electron chi connectivity index (χ4n) is 6.95. The van der Waals surface area contributed by atoms with Gasteiger partial charge in [-0.05, 0) is 37.3 Å². The molecule has 16 nitrogen and oxygen atoms in total. The second kappa shape index (κ2) is 15.9. The number of carboxylic acid groups (broad SMARTS) is 1. The Bertz CT molecular complexity index is 2050. The van der Waals surface area contributed by atoms with E-state index in [1.54, 1.807) is 49.4 Å². The van der Waals surface area contributed by atoms with E-state index in [1.165, 1.54) is 58.4 Å². The number of aliphatic hydroxyl groups is 1. The molecule has 3 aliphatic rings. The summed E-state index contributed by atoms with van der Waals surface area (Å²) >= 11 is 3.80. The van der Waals surface area contributed by atoms with E-state index in [1.807, 2.05) is 4.90 Å². The molecule has 6 rings (SSSR count). The van der Waals surface area contributed by atoms with Gasteiger partial charge in [0.1, 0.15) is 10.1 Å².